The van der Waals surface area contributed by atoms with Gasteiger partial charge >= 0.3 is 0 Å². The van der Waals surface area contributed by atoms with E-state index in [0.29, 0.717) is 25.0 Å². The molecule has 1 aliphatic heterocycles. The smallest absolute Gasteiger partial charge is 0.268 e. The van der Waals surface area contributed by atoms with E-state index in [4.69, 9.17) is 10.3 Å². The summed E-state index contributed by atoms with van der Waals surface area (Å²) in [5.74, 6) is 1.34. The molecule has 1 saturated heterocycles. The molecule has 0 spiro atoms. The van der Waals surface area contributed by atoms with Crippen molar-refractivity contribution in [3.05, 3.63) is 23.3 Å². The molecule has 0 aliphatic carbocycles. The van der Waals surface area contributed by atoms with Crippen LogP contribution in [-0.2, 0) is 6.54 Å². The normalized spacial score (nSPS) is 21.4. The number of piperazine rings is 1. The van der Waals surface area contributed by atoms with Crippen LogP contribution in [0.2, 0.25) is 0 Å². The first kappa shape index (κ1) is 13.7. The Hall–Kier alpha value is -1.28. The van der Waals surface area contributed by atoms with E-state index in [2.05, 4.69) is 27.0 Å². The summed E-state index contributed by atoms with van der Waals surface area (Å²) in [7, 11) is 2.13. The maximum absolute atomic E-state index is 5.86. The molecule has 0 bridgehead atoms. The van der Waals surface area contributed by atoms with Gasteiger partial charge < -0.3 is 15.2 Å². The first-order valence-electron chi connectivity index (χ1n) is 6.75. The minimum atomic E-state index is 0.359. The molecule has 6 nitrogen and oxygen atoms in total. The Morgan fingerprint density at radius 3 is 3.15 bits per heavy atom. The van der Waals surface area contributed by atoms with E-state index >= 15 is 0 Å². The predicted octanol–water partition coefficient (Wildman–Crippen LogP) is 0.873. The molecule has 1 unspecified atom stereocenters. The summed E-state index contributed by atoms with van der Waals surface area (Å²) in [4.78, 5) is 10.1. The highest BCUT2D eigenvalue weighted by Gasteiger charge is 2.25. The number of rotatable bonds is 4. The van der Waals surface area contributed by atoms with Crippen LogP contribution >= 0.6 is 11.3 Å². The average molecular weight is 293 g/mol. The molecule has 108 valence electrons. The Bertz CT molecular complexity index is 541. The van der Waals surface area contributed by atoms with Gasteiger partial charge in [0.25, 0.3) is 5.89 Å². The lowest BCUT2D eigenvalue weighted by Crippen LogP contribution is -2.54. The van der Waals surface area contributed by atoms with Gasteiger partial charge in [0.15, 0.2) is 5.82 Å². The molecule has 20 heavy (non-hydrogen) atoms. The third-order valence-electron chi connectivity index (χ3n) is 3.62. The fourth-order valence-electron chi connectivity index (χ4n) is 2.48. The van der Waals surface area contributed by atoms with Crippen molar-refractivity contribution in [2.75, 3.05) is 33.2 Å². The number of aromatic nitrogens is 2. The quantitative estimate of drug-likeness (QED) is 0.902. The van der Waals surface area contributed by atoms with Crippen LogP contribution in [0.3, 0.4) is 0 Å². The third-order valence-corrected chi connectivity index (χ3v) is 4.48. The first-order valence-corrected chi connectivity index (χ1v) is 7.63. The standard InChI is InChI=1S/C13H19N5OS/c1-17-4-5-18(10(7-14)8-17)9-12-15-13(19-16-12)11-3-2-6-20-11/h2-3,6,10H,4-5,7-9,14H2,1H3. The molecule has 2 aromatic heterocycles. The molecule has 0 radical (unpaired) electrons. The van der Waals surface area contributed by atoms with E-state index in [9.17, 15) is 0 Å². The lowest BCUT2D eigenvalue weighted by atomic mass is 10.1. The Kier molecular flexibility index (Phi) is 4.11. The van der Waals surface area contributed by atoms with Crippen LogP contribution < -0.4 is 5.73 Å². The van der Waals surface area contributed by atoms with Crippen molar-refractivity contribution in [1.29, 1.82) is 0 Å². The zero-order valence-corrected chi connectivity index (χ0v) is 12.3. The highest BCUT2D eigenvalue weighted by atomic mass is 32.1. The Morgan fingerprint density at radius 1 is 1.50 bits per heavy atom. The second-order valence-corrected chi connectivity index (χ2v) is 6.06. The lowest BCUT2D eigenvalue weighted by Gasteiger charge is -2.38. The summed E-state index contributed by atoms with van der Waals surface area (Å²) < 4.78 is 5.32. The van der Waals surface area contributed by atoms with E-state index in [1.54, 1.807) is 11.3 Å². The van der Waals surface area contributed by atoms with E-state index in [-0.39, 0.29) is 0 Å². The van der Waals surface area contributed by atoms with E-state index in [1.807, 2.05) is 17.5 Å². The molecular formula is C13H19N5OS. The average Bonchev–Trinajstić information content (AvgIpc) is 3.11. The van der Waals surface area contributed by atoms with E-state index in [1.165, 1.54) is 0 Å². The zero-order valence-electron chi connectivity index (χ0n) is 11.5. The van der Waals surface area contributed by atoms with Crippen LogP contribution in [0.1, 0.15) is 5.82 Å². The molecule has 1 atom stereocenters. The van der Waals surface area contributed by atoms with E-state index in [0.717, 1.165) is 30.3 Å². The Morgan fingerprint density at radius 2 is 2.40 bits per heavy atom. The van der Waals surface area contributed by atoms with Crippen molar-refractivity contribution in [2.24, 2.45) is 5.73 Å². The molecule has 2 aromatic rings. The summed E-state index contributed by atoms with van der Waals surface area (Å²) in [5, 5.41) is 6.08. The van der Waals surface area contributed by atoms with Crippen LogP contribution in [0.4, 0.5) is 0 Å². The molecule has 3 heterocycles. The molecule has 3 rings (SSSR count). The maximum Gasteiger partial charge on any atom is 0.268 e. The zero-order chi connectivity index (χ0) is 13.9. The Labute approximate surface area is 122 Å². The van der Waals surface area contributed by atoms with Crippen LogP contribution in [0.15, 0.2) is 22.0 Å². The number of nitrogens with two attached hydrogens (primary N) is 1. The first-order chi connectivity index (χ1) is 9.76. The number of likely N-dealkylation sites (N-methyl/N-ethyl adjacent to an activating group) is 1. The number of hydrogen-bond acceptors (Lipinski definition) is 7. The molecule has 1 aliphatic rings. The van der Waals surface area contributed by atoms with Gasteiger partial charge in [0, 0.05) is 32.2 Å². The van der Waals surface area contributed by atoms with Crippen molar-refractivity contribution in [3.8, 4) is 10.8 Å². The van der Waals surface area contributed by atoms with Gasteiger partial charge in [-0.15, -0.1) is 11.3 Å². The van der Waals surface area contributed by atoms with Crippen molar-refractivity contribution in [1.82, 2.24) is 19.9 Å². The van der Waals surface area contributed by atoms with Gasteiger partial charge in [-0.25, -0.2) is 0 Å². The van der Waals surface area contributed by atoms with Gasteiger partial charge in [-0.05, 0) is 18.5 Å². The van der Waals surface area contributed by atoms with Crippen LogP contribution in [0.5, 0.6) is 0 Å². The minimum Gasteiger partial charge on any atom is -0.333 e. The van der Waals surface area contributed by atoms with Crippen molar-refractivity contribution < 1.29 is 4.52 Å². The van der Waals surface area contributed by atoms with Crippen LogP contribution in [-0.4, -0.2) is 59.2 Å². The predicted molar refractivity (Wildman–Crippen MR) is 78.4 cm³/mol. The number of thiophene rings is 1. The molecule has 0 amide bonds. The van der Waals surface area contributed by atoms with Gasteiger partial charge in [-0.3, -0.25) is 4.90 Å². The van der Waals surface area contributed by atoms with Gasteiger partial charge in [-0.1, -0.05) is 11.2 Å². The summed E-state index contributed by atoms with van der Waals surface area (Å²) in [5.41, 5.74) is 5.86. The summed E-state index contributed by atoms with van der Waals surface area (Å²) in [6.45, 7) is 4.38. The van der Waals surface area contributed by atoms with Gasteiger partial charge in [0.1, 0.15) is 0 Å². The van der Waals surface area contributed by atoms with Crippen LogP contribution in [0, 0.1) is 0 Å². The minimum absolute atomic E-state index is 0.359. The molecule has 7 heteroatoms. The second kappa shape index (κ2) is 6.01. The molecule has 2 N–H and O–H groups in total. The number of nitrogens with zero attached hydrogens (tertiary/aromatic N) is 4. The summed E-state index contributed by atoms with van der Waals surface area (Å²) in [6.07, 6.45) is 0. The van der Waals surface area contributed by atoms with Gasteiger partial charge in [-0.2, -0.15) is 4.98 Å². The second-order valence-electron chi connectivity index (χ2n) is 5.12. The topological polar surface area (TPSA) is 71.4 Å². The molecule has 0 aromatic carbocycles. The van der Waals surface area contributed by atoms with Crippen molar-refractivity contribution in [3.63, 3.8) is 0 Å². The summed E-state index contributed by atoms with van der Waals surface area (Å²) >= 11 is 1.60. The molecular weight excluding hydrogens is 274 g/mol. The van der Waals surface area contributed by atoms with Crippen molar-refractivity contribution >= 4 is 11.3 Å². The number of hydrogen-bond donors (Lipinski definition) is 1. The lowest BCUT2D eigenvalue weighted by molar-refractivity contribution is 0.0851. The fourth-order valence-corrected chi connectivity index (χ4v) is 3.12. The largest absolute Gasteiger partial charge is 0.333 e. The van der Waals surface area contributed by atoms with Crippen LogP contribution in [0.25, 0.3) is 10.8 Å². The molecule has 0 saturated carbocycles. The summed E-state index contributed by atoms with van der Waals surface area (Å²) in [6, 6.07) is 4.33. The highest BCUT2D eigenvalue weighted by Crippen LogP contribution is 2.23. The maximum atomic E-state index is 5.86. The van der Waals surface area contributed by atoms with Crippen molar-refractivity contribution in [2.45, 2.75) is 12.6 Å². The van der Waals surface area contributed by atoms with Gasteiger partial charge in [0.2, 0.25) is 0 Å². The SMILES string of the molecule is CN1CCN(Cc2noc(-c3cccs3)n2)C(CN)C1. The monoisotopic (exact) mass is 293 g/mol. The molecule has 1 fully saturated rings. The Balaban J connectivity index is 1.68. The third kappa shape index (κ3) is 2.90. The fraction of sp³-hybridized carbons (Fsp3) is 0.538. The van der Waals surface area contributed by atoms with Gasteiger partial charge in [0.05, 0.1) is 11.4 Å². The van der Waals surface area contributed by atoms with E-state index < -0.39 is 0 Å². The highest BCUT2D eigenvalue weighted by molar-refractivity contribution is 7.13.